The van der Waals surface area contributed by atoms with Gasteiger partial charge in [-0.25, -0.2) is 0 Å². The van der Waals surface area contributed by atoms with Crippen molar-refractivity contribution < 1.29 is 39.8 Å². The lowest BCUT2D eigenvalue weighted by molar-refractivity contribution is -0.121. The summed E-state index contributed by atoms with van der Waals surface area (Å²) in [6.45, 7) is -1.11. The molecule has 1 atom stereocenters. The summed E-state index contributed by atoms with van der Waals surface area (Å²) in [6, 6.07) is 9.38. The highest BCUT2D eigenvalue weighted by Crippen LogP contribution is 2.28. The van der Waals surface area contributed by atoms with Crippen LogP contribution >= 0.6 is 0 Å². The van der Waals surface area contributed by atoms with E-state index < -0.39 is 19.7 Å². The van der Waals surface area contributed by atoms with Crippen LogP contribution in [-0.4, -0.2) is 51.0 Å². The minimum absolute atomic E-state index is 0.0240. The van der Waals surface area contributed by atoms with Gasteiger partial charge in [0.15, 0.2) is 36.6 Å². The van der Waals surface area contributed by atoms with Crippen molar-refractivity contribution in [2.75, 3.05) is 13.6 Å². The molecule has 0 saturated carbocycles. The number of ether oxygens (including phenoxy) is 2. The first-order chi connectivity index (χ1) is 13.9. The van der Waals surface area contributed by atoms with E-state index in [1.807, 2.05) is 0 Å². The Balaban J connectivity index is 1.79. The van der Waals surface area contributed by atoms with Gasteiger partial charge in [-0.05, 0) is 54.7 Å². The summed E-state index contributed by atoms with van der Waals surface area (Å²) in [4.78, 5) is 12.1. The number of aromatic hydroxyl groups is 2. The smallest absolute Gasteiger partial charge is 0.186 e. The third-order valence-electron chi connectivity index (χ3n) is 4.41. The Kier molecular flexibility index (Phi) is 8.72. The Labute approximate surface area is 168 Å². The number of hydrogen-bond donors (Lipinski definition) is 5. The highest BCUT2D eigenvalue weighted by atomic mass is 16.6. The van der Waals surface area contributed by atoms with Crippen molar-refractivity contribution >= 4 is 5.78 Å². The zero-order valence-corrected chi connectivity index (χ0v) is 16.0. The van der Waals surface area contributed by atoms with Crippen LogP contribution in [0.3, 0.4) is 0 Å². The molecule has 29 heavy (non-hydrogen) atoms. The van der Waals surface area contributed by atoms with Crippen molar-refractivity contribution in [2.45, 2.75) is 38.2 Å². The second-order valence-corrected chi connectivity index (χ2v) is 6.59. The first-order valence-corrected chi connectivity index (χ1v) is 9.23. The number of phenolic OH excluding ortho intramolecular Hbond substituents is 2. The Morgan fingerprint density at radius 1 is 0.862 bits per heavy atom. The summed E-state index contributed by atoms with van der Waals surface area (Å²) in [5, 5.41) is 46.9. The fourth-order valence-corrected chi connectivity index (χ4v) is 2.88. The maximum atomic E-state index is 12.1. The van der Waals surface area contributed by atoms with Crippen LogP contribution in [0.2, 0.25) is 0 Å². The van der Waals surface area contributed by atoms with Gasteiger partial charge in [0.1, 0.15) is 5.78 Å². The normalized spacial score (nSPS) is 11.8. The molecule has 2 aromatic carbocycles. The molecule has 0 aliphatic carbocycles. The van der Waals surface area contributed by atoms with Crippen LogP contribution in [0.5, 0.6) is 23.0 Å². The Morgan fingerprint density at radius 2 is 1.38 bits per heavy atom. The van der Waals surface area contributed by atoms with Gasteiger partial charge in [0.2, 0.25) is 0 Å². The number of aryl methyl sites for hydroxylation is 2. The molecular weight excluding hydrogens is 380 g/mol. The summed E-state index contributed by atoms with van der Waals surface area (Å²) in [5.41, 5.74) is 1.58. The fraction of sp³-hybridized carbons (Fsp3) is 0.381. The van der Waals surface area contributed by atoms with E-state index in [4.69, 9.17) is 19.7 Å². The third kappa shape index (κ3) is 7.26. The quantitative estimate of drug-likeness (QED) is 0.336. The van der Waals surface area contributed by atoms with Crippen molar-refractivity contribution in [1.29, 1.82) is 0 Å². The zero-order chi connectivity index (χ0) is 21.2. The SMILES string of the molecule is O=C(CCc1ccc(O)c(OCO)c1)C[C@H](O)CCc1ccc(O)c(OCO)c1. The topological polar surface area (TPSA) is 137 Å². The van der Waals surface area contributed by atoms with Crippen molar-refractivity contribution in [3.8, 4) is 23.0 Å². The molecule has 0 aliphatic heterocycles. The molecule has 0 unspecified atom stereocenters. The standard InChI is InChI=1S/C21H26O8/c22-12-28-20-9-14(3-7-18(20)26)1-5-16(24)11-17(25)6-2-15-4-8-19(27)21(10-15)29-13-23/h3-4,7-10,16,22-24,26-27H,1-2,5-6,11-13H2/t16-/m1/s1. The van der Waals surface area contributed by atoms with Crippen LogP contribution in [-0.2, 0) is 17.6 Å². The molecule has 0 bridgehead atoms. The molecule has 5 N–H and O–H groups in total. The number of phenols is 2. The van der Waals surface area contributed by atoms with Crippen LogP contribution in [0.4, 0.5) is 0 Å². The predicted molar refractivity (Wildman–Crippen MR) is 104 cm³/mol. The van der Waals surface area contributed by atoms with Crippen LogP contribution in [0, 0.1) is 0 Å². The van der Waals surface area contributed by atoms with Crippen molar-refractivity contribution in [3.05, 3.63) is 47.5 Å². The monoisotopic (exact) mass is 406 g/mol. The molecule has 8 nitrogen and oxygen atoms in total. The number of aliphatic hydroxyl groups excluding tert-OH is 3. The van der Waals surface area contributed by atoms with Crippen molar-refractivity contribution in [1.82, 2.24) is 0 Å². The summed E-state index contributed by atoms with van der Waals surface area (Å²) in [6.07, 6.45) is 0.725. The molecule has 0 spiro atoms. The molecule has 0 saturated heterocycles. The van der Waals surface area contributed by atoms with Gasteiger partial charge < -0.3 is 35.0 Å². The molecule has 0 heterocycles. The molecule has 0 amide bonds. The molecule has 0 fully saturated rings. The lowest BCUT2D eigenvalue weighted by Crippen LogP contribution is -2.15. The van der Waals surface area contributed by atoms with Gasteiger partial charge in [0.05, 0.1) is 6.10 Å². The van der Waals surface area contributed by atoms with E-state index in [9.17, 15) is 20.1 Å². The average Bonchev–Trinajstić information content (AvgIpc) is 2.69. The van der Waals surface area contributed by atoms with Gasteiger partial charge in [0.25, 0.3) is 0 Å². The van der Waals surface area contributed by atoms with E-state index in [0.29, 0.717) is 19.3 Å². The second-order valence-electron chi connectivity index (χ2n) is 6.59. The lowest BCUT2D eigenvalue weighted by Gasteiger charge is -2.12. The van der Waals surface area contributed by atoms with Gasteiger partial charge in [0, 0.05) is 12.8 Å². The average molecular weight is 406 g/mol. The maximum Gasteiger partial charge on any atom is 0.186 e. The Bertz CT molecular complexity index is 805. The molecule has 158 valence electrons. The van der Waals surface area contributed by atoms with Crippen molar-refractivity contribution in [3.63, 3.8) is 0 Å². The number of Topliss-reactive ketones (excluding diaryl/α,β-unsaturated/α-hetero) is 1. The summed E-state index contributed by atoms with van der Waals surface area (Å²) in [7, 11) is 0. The maximum absolute atomic E-state index is 12.1. The van der Waals surface area contributed by atoms with Crippen LogP contribution < -0.4 is 9.47 Å². The van der Waals surface area contributed by atoms with E-state index in [-0.39, 0.29) is 41.6 Å². The number of carbonyl (C=O) groups excluding carboxylic acids is 1. The molecule has 0 radical (unpaired) electrons. The molecule has 0 aromatic heterocycles. The molecular formula is C21H26O8. The van der Waals surface area contributed by atoms with Gasteiger partial charge in [-0.15, -0.1) is 0 Å². The number of ketones is 1. The van der Waals surface area contributed by atoms with E-state index in [1.54, 1.807) is 24.3 Å². The first-order valence-electron chi connectivity index (χ1n) is 9.23. The molecule has 2 rings (SSSR count). The van der Waals surface area contributed by atoms with Gasteiger partial charge >= 0.3 is 0 Å². The van der Waals surface area contributed by atoms with Gasteiger partial charge in [-0.2, -0.15) is 0 Å². The van der Waals surface area contributed by atoms with Crippen LogP contribution in [0.1, 0.15) is 30.4 Å². The number of hydrogen-bond acceptors (Lipinski definition) is 8. The molecule has 8 heteroatoms. The summed E-state index contributed by atoms with van der Waals surface area (Å²) < 4.78 is 9.80. The Morgan fingerprint density at radius 3 is 1.90 bits per heavy atom. The van der Waals surface area contributed by atoms with Crippen LogP contribution in [0.25, 0.3) is 0 Å². The molecule has 0 aliphatic rings. The molecule has 2 aromatic rings. The van der Waals surface area contributed by atoms with Gasteiger partial charge in [-0.3, -0.25) is 4.79 Å². The van der Waals surface area contributed by atoms with Gasteiger partial charge in [-0.1, -0.05) is 12.1 Å². The number of aliphatic hydroxyl groups is 3. The number of carbonyl (C=O) groups is 1. The van der Waals surface area contributed by atoms with E-state index in [1.165, 1.54) is 12.1 Å². The summed E-state index contributed by atoms with van der Waals surface area (Å²) >= 11 is 0. The fourth-order valence-electron chi connectivity index (χ4n) is 2.88. The number of rotatable bonds is 12. The van der Waals surface area contributed by atoms with E-state index in [2.05, 4.69) is 0 Å². The first kappa shape index (κ1) is 22.5. The van der Waals surface area contributed by atoms with Crippen LogP contribution in [0.15, 0.2) is 36.4 Å². The highest BCUT2D eigenvalue weighted by Gasteiger charge is 2.13. The minimum Gasteiger partial charge on any atom is -0.504 e. The minimum atomic E-state index is -0.799. The van der Waals surface area contributed by atoms with E-state index >= 15 is 0 Å². The second kappa shape index (κ2) is 11.3. The third-order valence-corrected chi connectivity index (χ3v) is 4.41. The highest BCUT2D eigenvalue weighted by molar-refractivity contribution is 5.79. The zero-order valence-electron chi connectivity index (χ0n) is 16.0. The largest absolute Gasteiger partial charge is 0.504 e. The summed E-state index contributed by atoms with van der Waals surface area (Å²) in [5.74, 6) is 0.0433. The lowest BCUT2D eigenvalue weighted by atomic mass is 10.00. The number of benzene rings is 2. The predicted octanol–water partition coefficient (Wildman–Crippen LogP) is 1.64. The van der Waals surface area contributed by atoms with Crippen molar-refractivity contribution in [2.24, 2.45) is 0 Å². The van der Waals surface area contributed by atoms with E-state index in [0.717, 1.165) is 11.1 Å². The Hall–Kier alpha value is -2.81.